The zero-order valence-electron chi connectivity index (χ0n) is 10.1. The van der Waals surface area contributed by atoms with Crippen LogP contribution in [0, 0.1) is 0 Å². The zero-order chi connectivity index (χ0) is 11.8. The first-order valence-corrected chi connectivity index (χ1v) is 5.57. The van der Waals surface area contributed by atoms with Gasteiger partial charge in [0.1, 0.15) is 0 Å². The van der Waals surface area contributed by atoms with Gasteiger partial charge in [0.25, 0.3) is 0 Å². The van der Waals surface area contributed by atoms with Crippen molar-refractivity contribution in [1.82, 2.24) is 14.7 Å². The average Bonchev–Trinajstić information content (AvgIpc) is 2.68. The van der Waals surface area contributed by atoms with Gasteiger partial charge in [-0.05, 0) is 6.07 Å². The fourth-order valence-corrected chi connectivity index (χ4v) is 1.62. The Morgan fingerprint density at radius 2 is 2.25 bits per heavy atom. The second-order valence-corrected chi connectivity index (χ2v) is 3.75. The van der Waals surface area contributed by atoms with E-state index >= 15 is 0 Å². The van der Waals surface area contributed by atoms with Crippen molar-refractivity contribution in [3.8, 4) is 0 Å². The van der Waals surface area contributed by atoms with Crippen molar-refractivity contribution in [1.29, 1.82) is 0 Å². The minimum Gasteiger partial charge on any atom is -0.395 e. The highest BCUT2D eigenvalue weighted by molar-refractivity contribution is 5.00. The number of nitrogens with zero attached hydrogens (tertiary/aromatic N) is 3. The predicted octanol–water partition coefficient (Wildman–Crippen LogP) is -0.0967. The highest BCUT2D eigenvalue weighted by Crippen LogP contribution is 1.99. The molecule has 0 spiro atoms. The minimum atomic E-state index is 0.190. The van der Waals surface area contributed by atoms with Crippen LogP contribution in [-0.2, 0) is 18.2 Å². The molecule has 0 fully saturated rings. The first-order valence-electron chi connectivity index (χ1n) is 5.57. The van der Waals surface area contributed by atoms with E-state index in [0.29, 0.717) is 13.2 Å². The van der Waals surface area contributed by atoms with Gasteiger partial charge in [-0.3, -0.25) is 9.58 Å². The van der Waals surface area contributed by atoms with Crippen LogP contribution in [0.2, 0.25) is 0 Å². The van der Waals surface area contributed by atoms with Gasteiger partial charge in [0.15, 0.2) is 0 Å². The molecule has 16 heavy (non-hydrogen) atoms. The van der Waals surface area contributed by atoms with Crippen LogP contribution in [0.5, 0.6) is 0 Å². The van der Waals surface area contributed by atoms with Crippen molar-refractivity contribution >= 4 is 0 Å². The summed E-state index contributed by atoms with van der Waals surface area (Å²) in [6.07, 6.45) is 2.75. The molecule has 1 aromatic rings. The molecule has 1 N–H and O–H groups in total. The molecule has 0 amide bonds. The van der Waals surface area contributed by atoms with Crippen LogP contribution in [0.25, 0.3) is 0 Å². The highest BCUT2D eigenvalue weighted by atomic mass is 16.5. The van der Waals surface area contributed by atoms with Crippen LogP contribution >= 0.6 is 0 Å². The van der Waals surface area contributed by atoms with Crippen molar-refractivity contribution in [2.45, 2.75) is 6.42 Å². The Labute approximate surface area is 96.6 Å². The van der Waals surface area contributed by atoms with E-state index in [4.69, 9.17) is 9.84 Å². The molecule has 0 saturated heterocycles. The maximum atomic E-state index is 8.95. The molecule has 0 atom stereocenters. The third-order valence-electron chi connectivity index (χ3n) is 2.63. The van der Waals surface area contributed by atoms with E-state index in [-0.39, 0.29) is 6.61 Å². The molecular formula is C11H21N3O2. The summed E-state index contributed by atoms with van der Waals surface area (Å²) >= 11 is 0. The lowest BCUT2D eigenvalue weighted by Crippen LogP contribution is -2.32. The number of aromatic nitrogens is 2. The van der Waals surface area contributed by atoms with E-state index in [1.165, 1.54) is 5.69 Å². The van der Waals surface area contributed by atoms with Crippen LogP contribution in [0.1, 0.15) is 5.69 Å². The van der Waals surface area contributed by atoms with E-state index in [1.807, 2.05) is 17.8 Å². The number of aryl methyl sites for hydroxylation is 1. The summed E-state index contributed by atoms with van der Waals surface area (Å²) in [7, 11) is 3.64. The number of hydrogen-bond acceptors (Lipinski definition) is 4. The topological polar surface area (TPSA) is 50.5 Å². The standard InChI is InChI=1S/C11H21N3O2/c1-13-11(3-5-12-13)4-6-14(7-9-15)8-10-16-2/h3,5,15H,4,6-10H2,1-2H3. The van der Waals surface area contributed by atoms with Gasteiger partial charge < -0.3 is 9.84 Å². The molecule has 0 aromatic carbocycles. The van der Waals surface area contributed by atoms with Crippen LogP contribution in [0.15, 0.2) is 12.3 Å². The number of methoxy groups -OCH3 is 1. The van der Waals surface area contributed by atoms with Gasteiger partial charge in [-0.1, -0.05) is 0 Å². The summed E-state index contributed by atoms with van der Waals surface area (Å²) in [5.41, 5.74) is 1.21. The third kappa shape index (κ3) is 4.30. The van der Waals surface area contributed by atoms with Crippen LogP contribution in [0.3, 0.4) is 0 Å². The molecule has 1 aromatic heterocycles. The Bertz CT molecular complexity index is 289. The van der Waals surface area contributed by atoms with Crippen molar-refractivity contribution in [3.63, 3.8) is 0 Å². The molecule has 0 radical (unpaired) electrons. The fraction of sp³-hybridized carbons (Fsp3) is 0.727. The van der Waals surface area contributed by atoms with Gasteiger partial charge in [0.2, 0.25) is 0 Å². The van der Waals surface area contributed by atoms with Crippen LogP contribution in [0.4, 0.5) is 0 Å². The number of aliphatic hydroxyl groups excluding tert-OH is 1. The lowest BCUT2D eigenvalue weighted by molar-refractivity contribution is 0.131. The summed E-state index contributed by atoms with van der Waals surface area (Å²) in [6, 6.07) is 2.02. The summed E-state index contributed by atoms with van der Waals surface area (Å²) in [5, 5.41) is 13.1. The second-order valence-electron chi connectivity index (χ2n) is 3.75. The quantitative estimate of drug-likeness (QED) is 0.674. The first-order chi connectivity index (χ1) is 7.77. The summed E-state index contributed by atoms with van der Waals surface area (Å²) < 4.78 is 6.92. The van der Waals surface area contributed by atoms with Gasteiger partial charge in [-0.15, -0.1) is 0 Å². The molecule has 0 unspecified atom stereocenters. The van der Waals surface area contributed by atoms with E-state index in [1.54, 1.807) is 13.3 Å². The number of aliphatic hydroxyl groups is 1. The fourth-order valence-electron chi connectivity index (χ4n) is 1.62. The SMILES string of the molecule is COCCN(CCO)CCc1ccnn1C. The molecular weight excluding hydrogens is 206 g/mol. The van der Waals surface area contributed by atoms with Crippen LogP contribution < -0.4 is 0 Å². The van der Waals surface area contributed by atoms with Crippen molar-refractivity contribution in [3.05, 3.63) is 18.0 Å². The monoisotopic (exact) mass is 227 g/mol. The highest BCUT2D eigenvalue weighted by Gasteiger charge is 2.05. The Balaban J connectivity index is 2.34. The molecule has 0 aliphatic heterocycles. The molecule has 5 heteroatoms. The zero-order valence-corrected chi connectivity index (χ0v) is 10.1. The van der Waals surface area contributed by atoms with E-state index in [9.17, 15) is 0 Å². The first kappa shape index (κ1) is 13.2. The molecule has 0 bridgehead atoms. The molecule has 0 saturated carbocycles. The Morgan fingerprint density at radius 1 is 1.44 bits per heavy atom. The Kier molecular flexibility index (Phi) is 6.07. The number of hydrogen-bond donors (Lipinski definition) is 1. The molecule has 0 aliphatic carbocycles. The van der Waals surface area contributed by atoms with Gasteiger partial charge in [0, 0.05) is 52.1 Å². The molecule has 92 valence electrons. The second kappa shape index (κ2) is 7.38. The maximum absolute atomic E-state index is 8.95. The summed E-state index contributed by atoms with van der Waals surface area (Å²) in [4.78, 5) is 2.19. The normalized spacial score (nSPS) is 11.2. The van der Waals surface area contributed by atoms with Crippen molar-refractivity contribution in [2.24, 2.45) is 7.05 Å². The van der Waals surface area contributed by atoms with E-state index in [0.717, 1.165) is 19.5 Å². The van der Waals surface area contributed by atoms with Gasteiger partial charge in [-0.2, -0.15) is 5.10 Å². The Hall–Kier alpha value is -0.910. The number of rotatable bonds is 8. The van der Waals surface area contributed by atoms with Crippen molar-refractivity contribution < 1.29 is 9.84 Å². The Morgan fingerprint density at radius 3 is 2.81 bits per heavy atom. The summed E-state index contributed by atoms with van der Waals surface area (Å²) in [5.74, 6) is 0. The van der Waals surface area contributed by atoms with Gasteiger partial charge >= 0.3 is 0 Å². The van der Waals surface area contributed by atoms with Crippen LogP contribution in [-0.4, -0.2) is 59.7 Å². The lowest BCUT2D eigenvalue weighted by atomic mass is 10.3. The molecule has 1 heterocycles. The maximum Gasteiger partial charge on any atom is 0.0589 e. The third-order valence-corrected chi connectivity index (χ3v) is 2.63. The molecule has 5 nitrogen and oxygen atoms in total. The molecule has 1 rings (SSSR count). The van der Waals surface area contributed by atoms with Gasteiger partial charge in [0.05, 0.1) is 13.2 Å². The lowest BCUT2D eigenvalue weighted by Gasteiger charge is -2.20. The van der Waals surface area contributed by atoms with E-state index < -0.39 is 0 Å². The molecule has 0 aliphatic rings. The smallest absolute Gasteiger partial charge is 0.0589 e. The van der Waals surface area contributed by atoms with Crippen molar-refractivity contribution in [2.75, 3.05) is 40.0 Å². The largest absolute Gasteiger partial charge is 0.395 e. The van der Waals surface area contributed by atoms with Gasteiger partial charge in [-0.25, -0.2) is 0 Å². The minimum absolute atomic E-state index is 0.190. The summed E-state index contributed by atoms with van der Waals surface area (Å²) in [6.45, 7) is 3.36. The average molecular weight is 227 g/mol. The predicted molar refractivity (Wildman–Crippen MR) is 62.3 cm³/mol. The number of ether oxygens (including phenoxy) is 1. The van der Waals surface area contributed by atoms with E-state index in [2.05, 4.69) is 10.00 Å².